The van der Waals surface area contributed by atoms with Gasteiger partial charge in [0.25, 0.3) is 0 Å². The maximum absolute atomic E-state index is 8.34. The predicted octanol–water partition coefficient (Wildman–Crippen LogP) is 0.325. The molecule has 0 aromatic heterocycles. The van der Waals surface area contributed by atoms with E-state index in [2.05, 4.69) is 0 Å². The van der Waals surface area contributed by atoms with E-state index in [0.717, 1.165) is 0 Å². The fraction of sp³-hybridized carbons (Fsp3) is 0.500. The van der Waals surface area contributed by atoms with Crippen LogP contribution in [0.25, 0.3) is 0 Å². The minimum Gasteiger partial charge on any atom is -0.512 e. The maximum Gasteiger partial charge on any atom is 0.155 e. The highest BCUT2D eigenvalue weighted by molar-refractivity contribution is 4.88. The van der Waals surface area contributed by atoms with Gasteiger partial charge in [0.15, 0.2) is 5.76 Å². The number of rotatable bonds is 1. The molecule has 0 aliphatic heterocycles. The van der Waals surface area contributed by atoms with Crippen molar-refractivity contribution in [3.05, 3.63) is 12.0 Å². The molecule has 7 heavy (non-hydrogen) atoms. The first-order valence-electron chi connectivity index (χ1n) is 1.89. The summed E-state index contributed by atoms with van der Waals surface area (Å²) in [5.74, 6) is -0.417. The van der Waals surface area contributed by atoms with Crippen LogP contribution in [0.2, 0.25) is 0 Å². The standard InChI is InChI=1S/C4H8O3/c1-3(6)4(7)2-5/h2-3,5-7H,1H3/b4-2+. The molecule has 0 spiro atoms. The van der Waals surface area contributed by atoms with E-state index in [1.807, 2.05) is 0 Å². The van der Waals surface area contributed by atoms with Crippen LogP contribution < -0.4 is 0 Å². The van der Waals surface area contributed by atoms with E-state index in [9.17, 15) is 0 Å². The van der Waals surface area contributed by atoms with Gasteiger partial charge in [-0.25, -0.2) is 0 Å². The summed E-state index contributed by atoms with van der Waals surface area (Å²) in [6.07, 6.45) is -0.505. The van der Waals surface area contributed by atoms with Gasteiger partial charge in [-0.05, 0) is 6.92 Å². The van der Waals surface area contributed by atoms with Gasteiger partial charge in [-0.15, -0.1) is 0 Å². The molecule has 0 rings (SSSR count). The lowest BCUT2D eigenvalue weighted by molar-refractivity contribution is 0.161. The summed E-state index contributed by atoms with van der Waals surface area (Å²) in [7, 11) is 0. The van der Waals surface area contributed by atoms with Crippen molar-refractivity contribution >= 4 is 0 Å². The Bertz CT molecular complexity index is 75.0. The van der Waals surface area contributed by atoms with Crippen LogP contribution in [-0.4, -0.2) is 21.4 Å². The second-order valence-corrected chi connectivity index (χ2v) is 1.23. The minimum atomic E-state index is -0.968. The van der Waals surface area contributed by atoms with Crippen LogP contribution in [0, 0.1) is 0 Å². The molecule has 0 saturated heterocycles. The van der Waals surface area contributed by atoms with E-state index >= 15 is 0 Å². The summed E-state index contributed by atoms with van der Waals surface area (Å²) in [5.41, 5.74) is 0. The van der Waals surface area contributed by atoms with Crippen LogP contribution in [0.4, 0.5) is 0 Å². The molecule has 0 aromatic carbocycles. The lowest BCUT2D eigenvalue weighted by Crippen LogP contribution is -2.02. The molecule has 3 heteroatoms. The third-order valence-corrected chi connectivity index (χ3v) is 0.560. The Morgan fingerprint density at radius 3 is 2.14 bits per heavy atom. The molecule has 0 fully saturated rings. The molecule has 0 saturated carbocycles. The van der Waals surface area contributed by atoms with Crippen LogP contribution in [0.5, 0.6) is 0 Å². The third kappa shape index (κ3) is 2.05. The van der Waals surface area contributed by atoms with Crippen molar-refractivity contribution in [1.82, 2.24) is 0 Å². The number of aliphatic hydroxyl groups excluding tert-OH is 3. The van der Waals surface area contributed by atoms with Gasteiger partial charge in [-0.3, -0.25) is 0 Å². The Morgan fingerprint density at radius 2 is 2.14 bits per heavy atom. The van der Waals surface area contributed by atoms with Gasteiger partial charge in [0.05, 0.1) is 0 Å². The van der Waals surface area contributed by atoms with Gasteiger partial charge < -0.3 is 15.3 Å². The molecule has 3 N–H and O–H groups in total. The average molecular weight is 104 g/mol. The van der Waals surface area contributed by atoms with Crippen molar-refractivity contribution in [2.45, 2.75) is 13.0 Å². The topological polar surface area (TPSA) is 60.7 Å². The molecule has 1 atom stereocenters. The average Bonchev–Trinajstić information content (AvgIpc) is 1.65. The first-order valence-corrected chi connectivity index (χ1v) is 1.89. The Hall–Kier alpha value is -0.700. The van der Waals surface area contributed by atoms with Crippen molar-refractivity contribution in [2.24, 2.45) is 0 Å². The van der Waals surface area contributed by atoms with Crippen LogP contribution >= 0.6 is 0 Å². The zero-order valence-electron chi connectivity index (χ0n) is 4.00. The number of aliphatic hydroxyl groups is 3. The summed E-state index contributed by atoms with van der Waals surface area (Å²) in [6, 6.07) is 0. The quantitative estimate of drug-likeness (QED) is 0.420. The monoisotopic (exact) mass is 104 g/mol. The predicted molar refractivity (Wildman–Crippen MR) is 25.0 cm³/mol. The Labute approximate surface area is 41.5 Å². The molecular formula is C4H8O3. The van der Waals surface area contributed by atoms with Crippen LogP contribution in [-0.2, 0) is 0 Å². The second-order valence-electron chi connectivity index (χ2n) is 1.23. The molecule has 0 heterocycles. The summed E-state index contributed by atoms with van der Waals surface area (Å²) < 4.78 is 0. The molecule has 0 amide bonds. The fourth-order valence-electron chi connectivity index (χ4n) is 0.108. The number of hydrogen-bond acceptors (Lipinski definition) is 3. The van der Waals surface area contributed by atoms with E-state index in [1.54, 1.807) is 0 Å². The van der Waals surface area contributed by atoms with Gasteiger partial charge in [-0.2, -0.15) is 0 Å². The Balaban J connectivity index is 3.56. The molecule has 0 aromatic rings. The van der Waals surface area contributed by atoms with Gasteiger partial charge in [0, 0.05) is 0 Å². The van der Waals surface area contributed by atoms with Crippen LogP contribution in [0.3, 0.4) is 0 Å². The van der Waals surface area contributed by atoms with E-state index in [-0.39, 0.29) is 0 Å². The summed E-state index contributed by atoms with van der Waals surface area (Å²) in [6.45, 7) is 1.35. The van der Waals surface area contributed by atoms with Crippen LogP contribution in [0.15, 0.2) is 12.0 Å². The summed E-state index contributed by atoms with van der Waals surface area (Å²) in [5, 5.41) is 24.6. The third-order valence-electron chi connectivity index (χ3n) is 0.560. The van der Waals surface area contributed by atoms with Gasteiger partial charge >= 0.3 is 0 Å². The molecule has 1 unspecified atom stereocenters. The lowest BCUT2D eigenvalue weighted by atomic mass is 10.4. The molecule has 3 nitrogen and oxygen atoms in total. The van der Waals surface area contributed by atoms with Gasteiger partial charge in [0.2, 0.25) is 0 Å². The molecule has 0 aliphatic carbocycles. The Morgan fingerprint density at radius 1 is 1.71 bits per heavy atom. The zero-order valence-corrected chi connectivity index (χ0v) is 4.00. The normalized spacial score (nSPS) is 16.6. The van der Waals surface area contributed by atoms with E-state index in [0.29, 0.717) is 6.26 Å². The SMILES string of the molecule is CC(O)/C(O)=C\O. The molecule has 0 radical (unpaired) electrons. The smallest absolute Gasteiger partial charge is 0.155 e. The highest BCUT2D eigenvalue weighted by atomic mass is 16.3. The van der Waals surface area contributed by atoms with Gasteiger partial charge in [0.1, 0.15) is 12.4 Å². The van der Waals surface area contributed by atoms with Crippen molar-refractivity contribution in [1.29, 1.82) is 0 Å². The first kappa shape index (κ1) is 6.30. The molecule has 42 valence electrons. The van der Waals surface area contributed by atoms with E-state index in [4.69, 9.17) is 15.3 Å². The summed E-state index contributed by atoms with van der Waals surface area (Å²) in [4.78, 5) is 0. The van der Waals surface area contributed by atoms with Crippen molar-refractivity contribution < 1.29 is 15.3 Å². The highest BCUT2D eigenvalue weighted by Crippen LogP contribution is 1.91. The first-order chi connectivity index (χ1) is 3.18. The Kier molecular flexibility index (Phi) is 2.22. The highest BCUT2D eigenvalue weighted by Gasteiger charge is 1.97. The second kappa shape index (κ2) is 2.47. The maximum atomic E-state index is 8.34. The molecular weight excluding hydrogens is 96.0 g/mol. The largest absolute Gasteiger partial charge is 0.512 e. The number of hydrogen-bond donors (Lipinski definition) is 3. The lowest BCUT2D eigenvalue weighted by Gasteiger charge is -1.97. The van der Waals surface area contributed by atoms with Gasteiger partial charge in [-0.1, -0.05) is 0 Å². The summed E-state index contributed by atoms with van der Waals surface area (Å²) >= 11 is 0. The molecule has 0 aliphatic rings. The fourth-order valence-corrected chi connectivity index (χ4v) is 0.108. The van der Waals surface area contributed by atoms with E-state index < -0.39 is 11.9 Å². The minimum absolute atomic E-state index is 0.417. The van der Waals surface area contributed by atoms with Crippen molar-refractivity contribution in [2.75, 3.05) is 0 Å². The van der Waals surface area contributed by atoms with Crippen molar-refractivity contribution in [3.63, 3.8) is 0 Å². The van der Waals surface area contributed by atoms with E-state index in [1.165, 1.54) is 6.92 Å². The molecule has 0 bridgehead atoms. The van der Waals surface area contributed by atoms with Crippen LogP contribution in [0.1, 0.15) is 6.92 Å². The van der Waals surface area contributed by atoms with Crippen molar-refractivity contribution in [3.8, 4) is 0 Å². The zero-order chi connectivity index (χ0) is 5.86.